The SMILES string of the molecule is N#CC(=Cc1cn(CC(=O)O)c2ccc(F)cc12)C(=O)N(Cc1ccsc1)c1ccccc1. The number of nitriles is 1. The van der Waals surface area contributed by atoms with Gasteiger partial charge in [0, 0.05) is 28.4 Å². The predicted octanol–water partition coefficient (Wildman–Crippen LogP) is 5.07. The predicted molar refractivity (Wildman–Crippen MR) is 125 cm³/mol. The Kier molecular flexibility index (Phi) is 6.33. The Labute approximate surface area is 193 Å². The van der Waals surface area contributed by atoms with Gasteiger partial charge in [0.2, 0.25) is 0 Å². The van der Waals surface area contributed by atoms with E-state index in [4.69, 9.17) is 0 Å². The summed E-state index contributed by atoms with van der Waals surface area (Å²) in [6, 6.07) is 16.9. The standard InChI is InChI=1S/C25H18FN3O3S/c26-20-6-7-23-22(11-20)19(14-28(23)15-24(30)31)10-18(12-27)25(32)29(13-17-8-9-33-16-17)21-4-2-1-3-5-21/h1-11,14,16H,13,15H2,(H,30,31). The topological polar surface area (TPSA) is 86.3 Å². The lowest BCUT2D eigenvalue weighted by Gasteiger charge is -2.22. The van der Waals surface area contributed by atoms with Crippen LogP contribution in [0.15, 0.2) is 77.1 Å². The number of carbonyl (C=O) groups excluding carboxylic acids is 1. The first-order valence-electron chi connectivity index (χ1n) is 9.96. The molecule has 1 N–H and O–H groups in total. The third-order valence-corrected chi connectivity index (χ3v) is 5.80. The largest absolute Gasteiger partial charge is 0.480 e. The van der Waals surface area contributed by atoms with Crippen molar-refractivity contribution in [2.45, 2.75) is 13.1 Å². The number of carbonyl (C=O) groups is 2. The fourth-order valence-corrected chi connectivity index (χ4v) is 4.24. The molecule has 164 valence electrons. The van der Waals surface area contributed by atoms with Crippen molar-refractivity contribution in [3.8, 4) is 6.07 Å². The van der Waals surface area contributed by atoms with Crippen LogP contribution < -0.4 is 4.90 Å². The Morgan fingerprint density at radius 3 is 2.64 bits per heavy atom. The average Bonchev–Trinajstić information content (AvgIpc) is 3.43. The Balaban J connectivity index is 1.78. The molecule has 6 nitrogen and oxygen atoms in total. The smallest absolute Gasteiger partial charge is 0.323 e. The molecule has 0 aliphatic carbocycles. The Bertz CT molecular complexity index is 1390. The zero-order valence-electron chi connectivity index (χ0n) is 17.3. The van der Waals surface area contributed by atoms with Gasteiger partial charge in [0.1, 0.15) is 24.0 Å². The molecule has 0 spiro atoms. The van der Waals surface area contributed by atoms with E-state index in [1.807, 2.05) is 29.0 Å². The number of fused-ring (bicyclic) bond motifs is 1. The maximum absolute atomic E-state index is 13.9. The fraction of sp³-hybridized carbons (Fsp3) is 0.0800. The normalized spacial score (nSPS) is 11.3. The van der Waals surface area contributed by atoms with Gasteiger partial charge >= 0.3 is 5.97 Å². The van der Waals surface area contributed by atoms with Crippen LogP contribution in [0.3, 0.4) is 0 Å². The summed E-state index contributed by atoms with van der Waals surface area (Å²) < 4.78 is 15.4. The summed E-state index contributed by atoms with van der Waals surface area (Å²) in [6.07, 6.45) is 2.89. The number of hydrogen-bond acceptors (Lipinski definition) is 4. The molecule has 8 heteroatoms. The number of amides is 1. The van der Waals surface area contributed by atoms with Gasteiger partial charge in [-0.25, -0.2) is 4.39 Å². The third kappa shape index (κ3) is 4.84. The van der Waals surface area contributed by atoms with Crippen LogP contribution in [-0.2, 0) is 22.7 Å². The number of aliphatic carboxylic acids is 1. The summed E-state index contributed by atoms with van der Waals surface area (Å²) in [5.41, 5.74) is 2.30. The molecule has 2 heterocycles. The number of aromatic nitrogens is 1. The number of carboxylic acid groups (broad SMARTS) is 1. The molecule has 2 aromatic carbocycles. The van der Waals surface area contributed by atoms with E-state index >= 15 is 0 Å². The van der Waals surface area contributed by atoms with Crippen molar-refractivity contribution in [2.75, 3.05) is 4.90 Å². The van der Waals surface area contributed by atoms with Gasteiger partial charge in [-0.3, -0.25) is 9.59 Å². The minimum atomic E-state index is -1.06. The van der Waals surface area contributed by atoms with E-state index in [1.54, 1.807) is 24.3 Å². The number of rotatable bonds is 7. The first kappa shape index (κ1) is 22.0. The highest BCUT2D eigenvalue weighted by Gasteiger charge is 2.22. The van der Waals surface area contributed by atoms with Crippen molar-refractivity contribution >= 4 is 45.9 Å². The molecule has 33 heavy (non-hydrogen) atoms. The van der Waals surface area contributed by atoms with Gasteiger partial charge in [-0.1, -0.05) is 18.2 Å². The van der Waals surface area contributed by atoms with Crippen LogP contribution in [0, 0.1) is 17.1 Å². The summed E-state index contributed by atoms with van der Waals surface area (Å²) >= 11 is 1.51. The van der Waals surface area contributed by atoms with Crippen LogP contribution in [0.5, 0.6) is 0 Å². The summed E-state index contributed by atoms with van der Waals surface area (Å²) in [5.74, 6) is -2.07. The van der Waals surface area contributed by atoms with Gasteiger partial charge in [0.15, 0.2) is 0 Å². The molecule has 0 bridgehead atoms. The highest BCUT2D eigenvalue weighted by atomic mass is 32.1. The molecular formula is C25H18FN3O3S. The third-order valence-electron chi connectivity index (χ3n) is 5.06. The van der Waals surface area contributed by atoms with Crippen molar-refractivity contribution in [2.24, 2.45) is 0 Å². The molecule has 4 aromatic rings. The Morgan fingerprint density at radius 2 is 1.97 bits per heavy atom. The van der Waals surface area contributed by atoms with Crippen molar-refractivity contribution in [1.29, 1.82) is 5.26 Å². The summed E-state index contributed by atoms with van der Waals surface area (Å²) in [4.78, 5) is 26.2. The number of hydrogen-bond donors (Lipinski definition) is 1. The lowest BCUT2D eigenvalue weighted by atomic mass is 10.1. The van der Waals surface area contributed by atoms with Crippen LogP contribution in [-0.4, -0.2) is 21.6 Å². The highest BCUT2D eigenvalue weighted by Crippen LogP contribution is 2.26. The Morgan fingerprint density at radius 1 is 1.18 bits per heavy atom. The fourth-order valence-electron chi connectivity index (χ4n) is 3.58. The zero-order valence-corrected chi connectivity index (χ0v) is 18.1. The van der Waals surface area contributed by atoms with E-state index in [0.717, 1.165) is 5.56 Å². The van der Waals surface area contributed by atoms with Crippen molar-refractivity contribution in [1.82, 2.24) is 4.57 Å². The number of anilines is 1. The molecule has 0 saturated heterocycles. The molecule has 4 rings (SSSR count). The molecule has 0 atom stereocenters. The number of benzene rings is 2. The summed E-state index contributed by atoms with van der Waals surface area (Å²) in [5, 5.41) is 23.3. The van der Waals surface area contributed by atoms with E-state index < -0.39 is 17.7 Å². The maximum atomic E-state index is 13.9. The van der Waals surface area contributed by atoms with Crippen LogP contribution >= 0.6 is 11.3 Å². The van der Waals surface area contributed by atoms with Crippen molar-refractivity contribution in [3.05, 3.63) is 94.1 Å². The number of nitrogens with zero attached hydrogens (tertiary/aromatic N) is 3. The zero-order chi connectivity index (χ0) is 23.4. The molecule has 2 aromatic heterocycles. The van der Waals surface area contributed by atoms with Crippen molar-refractivity contribution < 1.29 is 19.1 Å². The van der Waals surface area contributed by atoms with Crippen LogP contribution in [0.4, 0.5) is 10.1 Å². The van der Waals surface area contributed by atoms with E-state index in [0.29, 0.717) is 22.2 Å². The van der Waals surface area contributed by atoms with Crippen LogP contribution in [0.1, 0.15) is 11.1 Å². The molecule has 0 unspecified atom stereocenters. The van der Waals surface area contributed by atoms with Gasteiger partial charge < -0.3 is 14.6 Å². The first-order valence-corrected chi connectivity index (χ1v) is 10.9. The molecule has 0 aliphatic rings. The number of halogens is 1. The number of thiophene rings is 1. The maximum Gasteiger partial charge on any atom is 0.323 e. The second-order valence-corrected chi connectivity index (χ2v) is 8.08. The van der Waals surface area contributed by atoms with E-state index in [9.17, 15) is 24.3 Å². The minimum Gasteiger partial charge on any atom is -0.480 e. The van der Waals surface area contributed by atoms with Gasteiger partial charge in [0.25, 0.3) is 5.91 Å². The summed E-state index contributed by atoms with van der Waals surface area (Å²) in [7, 11) is 0. The van der Waals surface area contributed by atoms with Crippen LogP contribution in [0.2, 0.25) is 0 Å². The second-order valence-electron chi connectivity index (χ2n) is 7.30. The molecule has 0 fully saturated rings. The van der Waals surface area contributed by atoms with Crippen LogP contribution in [0.25, 0.3) is 17.0 Å². The highest BCUT2D eigenvalue weighted by molar-refractivity contribution is 7.07. The summed E-state index contributed by atoms with van der Waals surface area (Å²) in [6.45, 7) is -0.0547. The second kappa shape index (κ2) is 9.51. The average molecular weight is 460 g/mol. The molecule has 1 amide bonds. The lowest BCUT2D eigenvalue weighted by Crippen LogP contribution is -2.31. The first-order chi connectivity index (χ1) is 16.0. The molecule has 0 saturated carbocycles. The number of para-hydroxylation sites is 1. The van der Waals surface area contributed by atoms with Gasteiger partial charge in [-0.15, -0.1) is 0 Å². The monoisotopic (exact) mass is 459 g/mol. The van der Waals surface area contributed by atoms with E-state index in [2.05, 4.69) is 0 Å². The molecule has 0 radical (unpaired) electrons. The van der Waals surface area contributed by atoms with Gasteiger partial charge in [-0.05, 0) is 58.8 Å². The van der Waals surface area contributed by atoms with Gasteiger partial charge in [-0.2, -0.15) is 16.6 Å². The van der Waals surface area contributed by atoms with Gasteiger partial charge in [0.05, 0.1) is 6.54 Å². The molecule has 0 aliphatic heterocycles. The van der Waals surface area contributed by atoms with E-state index in [1.165, 1.54) is 51.3 Å². The van der Waals surface area contributed by atoms with Crippen molar-refractivity contribution in [3.63, 3.8) is 0 Å². The van der Waals surface area contributed by atoms with E-state index in [-0.39, 0.29) is 18.7 Å². The number of carboxylic acids is 1. The quantitative estimate of drug-likeness (QED) is 0.309. The minimum absolute atomic E-state index is 0.146. The Hall–Kier alpha value is -4.22. The lowest BCUT2D eigenvalue weighted by molar-refractivity contribution is -0.137. The molecular weight excluding hydrogens is 441 g/mol.